The average Bonchev–Trinajstić information content (AvgIpc) is 2.71. The number of carbonyl (C=O) groups is 1. The van der Waals surface area contributed by atoms with Crippen molar-refractivity contribution in [1.82, 2.24) is 9.78 Å². The van der Waals surface area contributed by atoms with Crippen molar-refractivity contribution < 1.29 is 9.90 Å². The summed E-state index contributed by atoms with van der Waals surface area (Å²) in [5, 5.41) is 11.5. The predicted octanol–water partition coefficient (Wildman–Crippen LogP) is 1.99. The molecule has 0 aliphatic heterocycles. The number of carboxylic acid groups (broad SMARTS) is 1. The molecule has 18 heavy (non-hydrogen) atoms. The molecule has 2 N–H and O–H groups in total. The van der Waals surface area contributed by atoms with Gasteiger partial charge in [0.25, 0.3) is 5.56 Å². The number of nitrogens with one attached hydrogen (secondary N) is 1. The lowest BCUT2D eigenvalue weighted by Gasteiger charge is -2.06. The Kier molecular flexibility index (Phi) is 3.06. The molecule has 94 valence electrons. The fourth-order valence-corrected chi connectivity index (χ4v) is 1.72. The first-order valence-corrected chi connectivity index (χ1v) is 5.64. The first-order valence-electron chi connectivity index (χ1n) is 5.64. The van der Waals surface area contributed by atoms with Gasteiger partial charge < -0.3 is 5.11 Å². The molecule has 0 bridgehead atoms. The van der Waals surface area contributed by atoms with Crippen LogP contribution in [0.4, 0.5) is 0 Å². The molecule has 0 radical (unpaired) electrons. The minimum atomic E-state index is -1.23. The molecule has 1 heterocycles. The first kappa shape index (κ1) is 12.2. The number of aromatic amines is 1. The summed E-state index contributed by atoms with van der Waals surface area (Å²) in [6.45, 7) is 4.16. The maximum Gasteiger partial charge on any atom is 0.342 e. The van der Waals surface area contributed by atoms with Crippen molar-refractivity contribution in [3.63, 3.8) is 0 Å². The van der Waals surface area contributed by atoms with Crippen LogP contribution in [0.1, 0.15) is 35.7 Å². The largest absolute Gasteiger partial charge is 0.477 e. The zero-order valence-electron chi connectivity index (χ0n) is 10.2. The van der Waals surface area contributed by atoms with E-state index in [0.717, 1.165) is 5.56 Å². The van der Waals surface area contributed by atoms with E-state index in [1.165, 1.54) is 10.9 Å². The van der Waals surface area contributed by atoms with Gasteiger partial charge in [0.15, 0.2) is 0 Å². The molecule has 0 fully saturated rings. The summed E-state index contributed by atoms with van der Waals surface area (Å²) in [7, 11) is 0. The SMILES string of the molecule is CC(C)c1ccc(-n2[nH]cc(C(=O)O)c2=O)cc1. The summed E-state index contributed by atoms with van der Waals surface area (Å²) in [4.78, 5) is 22.6. The minimum Gasteiger partial charge on any atom is -0.477 e. The van der Waals surface area contributed by atoms with Crippen LogP contribution < -0.4 is 5.56 Å². The van der Waals surface area contributed by atoms with Crippen molar-refractivity contribution in [2.24, 2.45) is 0 Å². The minimum absolute atomic E-state index is 0.261. The topological polar surface area (TPSA) is 75.1 Å². The number of hydrogen-bond donors (Lipinski definition) is 2. The van der Waals surface area contributed by atoms with E-state index in [0.29, 0.717) is 11.6 Å². The quantitative estimate of drug-likeness (QED) is 0.869. The van der Waals surface area contributed by atoms with E-state index in [9.17, 15) is 9.59 Å². The van der Waals surface area contributed by atoms with Crippen molar-refractivity contribution in [2.75, 3.05) is 0 Å². The van der Waals surface area contributed by atoms with Crippen LogP contribution in [0.15, 0.2) is 35.3 Å². The van der Waals surface area contributed by atoms with E-state index in [4.69, 9.17) is 5.11 Å². The molecule has 0 saturated heterocycles. The number of aromatic carboxylic acids is 1. The van der Waals surface area contributed by atoms with Gasteiger partial charge in [0.1, 0.15) is 5.56 Å². The zero-order valence-corrected chi connectivity index (χ0v) is 10.2. The first-order chi connectivity index (χ1) is 8.50. The molecule has 2 aromatic rings. The van der Waals surface area contributed by atoms with E-state index < -0.39 is 11.5 Å². The number of hydrogen-bond acceptors (Lipinski definition) is 2. The molecule has 5 nitrogen and oxygen atoms in total. The molecule has 1 aromatic carbocycles. The third-order valence-corrected chi connectivity index (χ3v) is 2.82. The number of rotatable bonds is 3. The van der Waals surface area contributed by atoms with Crippen molar-refractivity contribution >= 4 is 5.97 Å². The molecular formula is C13H14N2O3. The van der Waals surface area contributed by atoms with Crippen molar-refractivity contribution in [1.29, 1.82) is 0 Å². The highest BCUT2D eigenvalue weighted by Gasteiger charge is 2.13. The van der Waals surface area contributed by atoms with Crippen LogP contribution in [0.5, 0.6) is 0 Å². The van der Waals surface area contributed by atoms with Gasteiger partial charge in [0.05, 0.1) is 5.69 Å². The van der Waals surface area contributed by atoms with Crippen LogP contribution in [0.2, 0.25) is 0 Å². The summed E-state index contributed by atoms with van der Waals surface area (Å²) in [5.74, 6) is -0.817. The second-order valence-electron chi connectivity index (χ2n) is 4.38. The lowest BCUT2D eigenvalue weighted by atomic mass is 10.0. The number of carboxylic acids is 1. The Balaban J connectivity index is 2.43. The fourth-order valence-electron chi connectivity index (χ4n) is 1.72. The Morgan fingerprint density at radius 3 is 2.33 bits per heavy atom. The van der Waals surface area contributed by atoms with Gasteiger partial charge in [-0.2, -0.15) is 0 Å². The van der Waals surface area contributed by atoms with E-state index in [2.05, 4.69) is 18.9 Å². The molecule has 1 aromatic heterocycles. The Morgan fingerprint density at radius 2 is 1.89 bits per heavy atom. The summed E-state index contributed by atoms with van der Waals surface area (Å²) in [5.41, 5.74) is 0.969. The van der Waals surface area contributed by atoms with E-state index in [-0.39, 0.29) is 5.56 Å². The second-order valence-corrected chi connectivity index (χ2v) is 4.38. The second kappa shape index (κ2) is 4.52. The van der Waals surface area contributed by atoms with E-state index >= 15 is 0 Å². The van der Waals surface area contributed by atoms with Gasteiger partial charge in [-0.1, -0.05) is 26.0 Å². The molecule has 0 amide bonds. The van der Waals surface area contributed by atoms with E-state index in [1.807, 2.05) is 12.1 Å². The van der Waals surface area contributed by atoms with Gasteiger partial charge in [0, 0.05) is 6.20 Å². The number of H-pyrrole nitrogens is 1. The van der Waals surface area contributed by atoms with Crippen molar-refractivity contribution in [3.8, 4) is 5.69 Å². The highest BCUT2D eigenvalue weighted by molar-refractivity contribution is 5.86. The average molecular weight is 246 g/mol. The predicted molar refractivity (Wildman–Crippen MR) is 67.4 cm³/mol. The summed E-state index contributed by atoms with van der Waals surface area (Å²) in [6.07, 6.45) is 1.20. The third kappa shape index (κ3) is 2.07. The molecule has 0 aliphatic carbocycles. The highest BCUT2D eigenvalue weighted by atomic mass is 16.4. The van der Waals surface area contributed by atoms with Crippen molar-refractivity contribution in [3.05, 3.63) is 51.9 Å². The number of nitrogens with zero attached hydrogens (tertiary/aromatic N) is 1. The Morgan fingerprint density at radius 1 is 1.28 bits per heavy atom. The van der Waals surface area contributed by atoms with Crippen LogP contribution in [-0.4, -0.2) is 20.9 Å². The number of benzene rings is 1. The van der Waals surface area contributed by atoms with Crippen LogP contribution >= 0.6 is 0 Å². The van der Waals surface area contributed by atoms with Gasteiger partial charge in [-0.15, -0.1) is 0 Å². The summed E-state index contributed by atoms with van der Waals surface area (Å²) in [6, 6.07) is 7.43. The van der Waals surface area contributed by atoms with Gasteiger partial charge >= 0.3 is 5.97 Å². The third-order valence-electron chi connectivity index (χ3n) is 2.82. The van der Waals surface area contributed by atoms with E-state index in [1.54, 1.807) is 12.1 Å². The van der Waals surface area contributed by atoms with Crippen LogP contribution in [0.25, 0.3) is 5.69 Å². The smallest absolute Gasteiger partial charge is 0.342 e. The molecule has 0 aliphatic rings. The van der Waals surface area contributed by atoms with Gasteiger partial charge in [-0.3, -0.25) is 9.89 Å². The number of aromatic nitrogens is 2. The summed E-state index contributed by atoms with van der Waals surface area (Å²) < 4.78 is 1.22. The molecule has 0 unspecified atom stereocenters. The Bertz CT molecular complexity index is 620. The lowest BCUT2D eigenvalue weighted by molar-refractivity contribution is 0.0695. The standard InChI is InChI=1S/C13H14N2O3/c1-8(2)9-3-5-10(6-4-9)15-12(16)11(7-14-15)13(17)18/h3-8,14H,1-2H3,(H,17,18). The van der Waals surface area contributed by atoms with Gasteiger partial charge in [-0.05, 0) is 23.6 Å². The normalized spacial score (nSPS) is 10.8. The molecule has 5 heteroatoms. The highest BCUT2D eigenvalue weighted by Crippen LogP contribution is 2.15. The fraction of sp³-hybridized carbons (Fsp3) is 0.231. The van der Waals surface area contributed by atoms with Crippen LogP contribution in [0.3, 0.4) is 0 Å². The maximum absolute atomic E-state index is 11.8. The molecule has 2 rings (SSSR count). The summed E-state index contributed by atoms with van der Waals surface area (Å²) >= 11 is 0. The van der Waals surface area contributed by atoms with Crippen LogP contribution in [0, 0.1) is 0 Å². The molecule has 0 saturated carbocycles. The molecular weight excluding hydrogens is 232 g/mol. The van der Waals surface area contributed by atoms with Crippen molar-refractivity contribution in [2.45, 2.75) is 19.8 Å². The van der Waals surface area contributed by atoms with Gasteiger partial charge in [0.2, 0.25) is 0 Å². The van der Waals surface area contributed by atoms with Crippen LogP contribution in [-0.2, 0) is 0 Å². The Labute approximate surface area is 104 Å². The van der Waals surface area contributed by atoms with Gasteiger partial charge in [-0.25, -0.2) is 9.48 Å². The maximum atomic E-state index is 11.8. The zero-order chi connectivity index (χ0) is 13.3. The molecule has 0 spiro atoms. The lowest BCUT2D eigenvalue weighted by Crippen LogP contribution is -2.19. The monoisotopic (exact) mass is 246 g/mol. The molecule has 0 atom stereocenters. The Hall–Kier alpha value is -2.30.